The minimum Gasteiger partial charge on any atom is -0.342 e. The molecule has 1 saturated heterocycles. The number of rotatable bonds is 6. The van der Waals surface area contributed by atoms with Gasteiger partial charge in [0, 0.05) is 24.3 Å². The number of nitrogens with one attached hydrogen (secondary N) is 1. The topological polar surface area (TPSA) is 49.0 Å². The van der Waals surface area contributed by atoms with Crippen LogP contribution in [0.25, 0.3) is 0 Å². The van der Waals surface area contributed by atoms with Crippen molar-refractivity contribution in [3.8, 4) is 0 Å². The van der Waals surface area contributed by atoms with E-state index >= 15 is 0 Å². The van der Waals surface area contributed by atoms with Gasteiger partial charge >= 0.3 is 0 Å². The van der Waals surface area contributed by atoms with Gasteiger partial charge in [0.1, 0.15) is 0 Å². The first-order valence-corrected chi connectivity index (χ1v) is 8.86. The van der Waals surface area contributed by atoms with Crippen molar-refractivity contribution in [2.45, 2.75) is 66.2 Å². The van der Waals surface area contributed by atoms with E-state index < -0.39 is 0 Å². The van der Waals surface area contributed by atoms with Crippen molar-refractivity contribution in [2.24, 2.45) is 11.8 Å². The van der Waals surface area contributed by atoms with Gasteiger partial charge in [-0.05, 0) is 38.0 Å². The number of nitrogens with zero attached hydrogens (tertiary/aromatic N) is 2. The van der Waals surface area contributed by atoms with Crippen molar-refractivity contribution in [1.82, 2.24) is 9.97 Å². The van der Waals surface area contributed by atoms with Gasteiger partial charge in [-0.3, -0.25) is 9.78 Å². The van der Waals surface area contributed by atoms with E-state index in [1.165, 1.54) is 25.7 Å². The van der Waals surface area contributed by atoms with Crippen LogP contribution in [0.15, 0.2) is 4.79 Å². The fourth-order valence-corrected chi connectivity index (χ4v) is 3.60. The minimum absolute atomic E-state index is 0.0601. The summed E-state index contributed by atoms with van der Waals surface area (Å²) in [6.45, 7) is 10.7. The number of aromatic nitrogens is 2. The third kappa shape index (κ3) is 4.34. The highest BCUT2D eigenvalue weighted by Crippen LogP contribution is 2.23. The summed E-state index contributed by atoms with van der Waals surface area (Å²) in [6.07, 6.45) is 6.84. The largest absolute Gasteiger partial charge is 0.342 e. The van der Waals surface area contributed by atoms with Crippen LogP contribution in [-0.4, -0.2) is 23.1 Å². The zero-order chi connectivity index (χ0) is 16.1. The molecule has 1 aromatic rings. The summed E-state index contributed by atoms with van der Waals surface area (Å²) in [5.41, 5.74) is 1.84. The molecule has 0 unspecified atom stereocenters. The summed E-state index contributed by atoms with van der Waals surface area (Å²) >= 11 is 0. The second-order valence-corrected chi connectivity index (χ2v) is 7.12. The van der Waals surface area contributed by atoms with Gasteiger partial charge in [0.05, 0.1) is 0 Å². The van der Waals surface area contributed by atoms with Crippen LogP contribution in [0.2, 0.25) is 0 Å². The lowest BCUT2D eigenvalue weighted by molar-refractivity contribution is 0.353. The highest BCUT2D eigenvalue weighted by Gasteiger charge is 2.24. The van der Waals surface area contributed by atoms with Gasteiger partial charge in [-0.15, -0.1) is 0 Å². The summed E-state index contributed by atoms with van der Waals surface area (Å²) in [4.78, 5) is 22.4. The average molecular weight is 305 g/mol. The monoisotopic (exact) mass is 305 g/mol. The van der Waals surface area contributed by atoms with Gasteiger partial charge in [0.25, 0.3) is 5.56 Å². The van der Waals surface area contributed by atoms with Gasteiger partial charge < -0.3 is 4.90 Å². The molecule has 1 fully saturated rings. The van der Waals surface area contributed by atoms with Crippen LogP contribution in [0.5, 0.6) is 0 Å². The smallest absolute Gasteiger partial charge is 0.255 e. The molecule has 124 valence electrons. The highest BCUT2D eigenvalue weighted by molar-refractivity contribution is 5.34. The minimum atomic E-state index is 0.0601. The number of hydrogen-bond acceptors (Lipinski definition) is 3. The van der Waals surface area contributed by atoms with Crippen molar-refractivity contribution >= 4 is 5.95 Å². The van der Waals surface area contributed by atoms with Gasteiger partial charge in [-0.25, -0.2) is 4.98 Å². The predicted octanol–water partition coefficient (Wildman–Crippen LogP) is 3.68. The van der Waals surface area contributed by atoms with Crippen molar-refractivity contribution in [1.29, 1.82) is 0 Å². The molecule has 2 heterocycles. The number of unbranched alkanes of at least 4 members (excludes halogenated alkanes) is 3. The Bertz CT molecular complexity index is 528. The fraction of sp³-hybridized carbons (Fsp3) is 0.778. The third-order valence-corrected chi connectivity index (χ3v) is 4.66. The van der Waals surface area contributed by atoms with E-state index in [1.54, 1.807) is 0 Å². The molecular formula is C18H31N3O. The predicted molar refractivity (Wildman–Crippen MR) is 92.6 cm³/mol. The van der Waals surface area contributed by atoms with Gasteiger partial charge in [0.15, 0.2) is 0 Å². The van der Waals surface area contributed by atoms with Crippen LogP contribution in [0, 0.1) is 18.8 Å². The molecule has 0 saturated carbocycles. The molecule has 4 nitrogen and oxygen atoms in total. The average Bonchev–Trinajstić information content (AvgIpc) is 2.44. The molecule has 1 aliphatic heterocycles. The molecule has 2 rings (SSSR count). The summed E-state index contributed by atoms with van der Waals surface area (Å²) in [6, 6.07) is 0. The Morgan fingerprint density at radius 3 is 2.45 bits per heavy atom. The van der Waals surface area contributed by atoms with E-state index in [1.807, 2.05) is 6.92 Å². The quantitative estimate of drug-likeness (QED) is 0.816. The number of aryl methyl sites for hydroxylation is 1. The molecule has 1 N–H and O–H groups in total. The second-order valence-electron chi connectivity index (χ2n) is 7.12. The summed E-state index contributed by atoms with van der Waals surface area (Å²) < 4.78 is 0. The molecule has 0 aliphatic carbocycles. The maximum absolute atomic E-state index is 12.4. The molecule has 0 bridgehead atoms. The Kier molecular flexibility index (Phi) is 6.04. The van der Waals surface area contributed by atoms with Gasteiger partial charge in [-0.2, -0.15) is 0 Å². The third-order valence-electron chi connectivity index (χ3n) is 4.66. The second kappa shape index (κ2) is 7.80. The molecule has 0 aromatic carbocycles. The fourth-order valence-electron chi connectivity index (χ4n) is 3.60. The van der Waals surface area contributed by atoms with E-state index in [0.717, 1.165) is 43.1 Å². The van der Waals surface area contributed by atoms with Crippen molar-refractivity contribution in [2.75, 3.05) is 18.0 Å². The summed E-state index contributed by atoms with van der Waals surface area (Å²) in [5.74, 6) is 2.07. The van der Waals surface area contributed by atoms with Crippen LogP contribution < -0.4 is 10.5 Å². The van der Waals surface area contributed by atoms with Crippen LogP contribution in [0.4, 0.5) is 5.95 Å². The first kappa shape index (κ1) is 17.0. The zero-order valence-corrected chi connectivity index (χ0v) is 14.6. The molecule has 1 aromatic heterocycles. The molecular weight excluding hydrogens is 274 g/mol. The van der Waals surface area contributed by atoms with Crippen LogP contribution in [0.1, 0.15) is 64.1 Å². The first-order valence-electron chi connectivity index (χ1n) is 8.86. The molecule has 0 radical (unpaired) electrons. The van der Waals surface area contributed by atoms with Crippen LogP contribution >= 0.6 is 0 Å². The number of anilines is 1. The van der Waals surface area contributed by atoms with Gasteiger partial charge in [0.2, 0.25) is 5.95 Å². The lowest BCUT2D eigenvalue weighted by atomic mass is 9.92. The number of aromatic amines is 1. The normalized spacial score (nSPS) is 22.1. The van der Waals surface area contributed by atoms with Crippen molar-refractivity contribution in [3.63, 3.8) is 0 Å². The van der Waals surface area contributed by atoms with E-state index in [0.29, 0.717) is 11.8 Å². The number of hydrogen-bond donors (Lipinski definition) is 1. The lowest BCUT2D eigenvalue weighted by Gasteiger charge is -2.35. The summed E-state index contributed by atoms with van der Waals surface area (Å²) in [5, 5.41) is 0. The Morgan fingerprint density at radius 2 is 1.86 bits per heavy atom. The standard InChI is InChI=1S/C18H31N3O/c1-5-6-7-8-9-16-15(4)19-18(20-17(16)22)21-11-13(2)10-14(3)12-21/h13-14H,5-12H2,1-4H3,(H,19,20,22)/t13-,14-/m0/s1. The maximum atomic E-state index is 12.4. The van der Waals surface area contributed by atoms with E-state index in [2.05, 4.69) is 30.7 Å². The Labute approximate surface area is 134 Å². The first-order chi connectivity index (χ1) is 10.5. The lowest BCUT2D eigenvalue weighted by Crippen LogP contribution is -2.40. The molecule has 22 heavy (non-hydrogen) atoms. The number of H-pyrrole nitrogens is 1. The van der Waals surface area contributed by atoms with Crippen LogP contribution in [-0.2, 0) is 6.42 Å². The molecule has 4 heteroatoms. The Morgan fingerprint density at radius 1 is 1.18 bits per heavy atom. The SMILES string of the molecule is CCCCCCc1c(C)nc(N2C[C@@H](C)C[C@H](C)C2)[nH]c1=O. The summed E-state index contributed by atoms with van der Waals surface area (Å²) in [7, 11) is 0. The molecule has 0 amide bonds. The number of piperidine rings is 1. The van der Waals surface area contributed by atoms with E-state index in [4.69, 9.17) is 4.98 Å². The van der Waals surface area contributed by atoms with E-state index in [9.17, 15) is 4.79 Å². The molecule has 0 spiro atoms. The van der Waals surface area contributed by atoms with Crippen molar-refractivity contribution in [3.05, 3.63) is 21.6 Å². The van der Waals surface area contributed by atoms with E-state index in [-0.39, 0.29) is 5.56 Å². The highest BCUT2D eigenvalue weighted by atomic mass is 16.1. The molecule has 1 aliphatic rings. The Hall–Kier alpha value is -1.32. The Balaban J connectivity index is 2.10. The zero-order valence-electron chi connectivity index (χ0n) is 14.6. The van der Waals surface area contributed by atoms with Crippen LogP contribution in [0.3, 0.4) is 0 Å². The molecule has 2 atom stereocenters. The van der Waals surface area contributed by atoms with Crippen molar-refractivity contribution < 1.29 is 0 Å². The maximum Gasteiger partial charge on any atom is 0.255 e. The van der Waals surface area contributed by atoms with Gasteiger partial charge in [-0.1, -0.05) is 40.0 Å².